The predicted molar refractivity (Wildman–Crippen MR) is 122 cm³/mol. The van der Waals surface area contributed by atoms with Gasteiger partial charge in [0.05, 0.1) is 9.80 Å². The van der Waals surface area contributed by atoms with Crippen molar-refractivity contribution in [3.8, 4) is 11.3 Å². The number of amidine groups is 1. The molecule has 2 N–H and O–H groups in total. The largest absolute Gasteiger partial charge is 0.457 e. The number of carbonyl (C=O) groups is 1. The summed E-state index contributed by atoms with van der Waals surface area (Å²) < 4.78 is 28.6. The number of carbonyl (C=O) groups excluding carboxylic acids is 1. The molecular formula is C20H16N4O4S3. The number of thioether (sulfide) groups is 1. The molecule has 1 aliphatic heterocycles. The van der Waals surface area contributed by atoms with Gasteiger partial charge in [0.1, 0.15) is 11.5 Å². The van der Waals surface area contributed by atoms with Crippen LogP contribution in [0.15, 0.2) is 79.8 Å². The Labute approximate surface area is 186 Å². The number of aromatic nitrogens is 1. The monoisotopic (exact) mass is 472 g/mol. The third kappa shape index (κ3) is 4.69. The molecule has 1 saturated heterocycles. The quantitative estimate of drug-likeness (QED) is 0.430. The number of furan rings is 1. The van der Waals surface area contributed by atoms with Crippen LogP contribution in [-0.2, 0) is 14.8 Å². The first-order valence-electron chi connectivity index (χ1n) is 8.89. The Balaban J connectivity index is 1.60. The first-order valence-corrected chi connectivity index (χ1v) is 12.1. The lowest BCUT2D eigenvalue weighted by molar-refractivity contribution is -0.121. The molecule has 0 unspecified atom stereocenters. The highest BCUT2D eigenvalue weighted by molar-refractivity contribution is 8.18. The summed E-state index contributed by atoms with van der Waals surface area (Å²) in [7, 11) is -3.76. The maximum Gasteiger partial charge on any atom is 0.267 e. The van der Waals surface area contributed by atoms with Gasteiger partial charge in [-0.05, 0) is 48.2 Å². The van der Waals surface area contributed by atoms with Crippen LogP contribution in [0.4, 0.5) is 5.13 Å². The molecule has 2 aromatic heterocycles. The van der Waals surface area contributed by atoms with E-state index in [2.05, 4.69) is 16.6 Å². The number of primary sulfonamides is 1. The van der Waals surface area contributed by atoms with E-state index < -0.39 is 10.0 Å². The summed E-state index contributed by atoms with van der Waals surface area (Å²) in [5.74, 6) is 0.814. The molecule has 31 heavy (non-hydrogen) atoms. The number of sulfonamides is 1. The van der Waals surface area contributed by atoms with Crippen LogP contribution in [0.5, 0.6) is 0 Å². The fraction of sp³-hybridized carbons (Fsp3) is 0.0500. The summed E-state index contributed by atoms with van der Waals surface area (Å²) in [6, 6.07) is 9.52. The fourth-order valence-corrected chi connectivity index (χ4v) is 4.80. The highest BCUT2D eigenvalue weighted by Gasteiger charge is 2.33. The Bertz CT molecular complexity index is 1290. The van der Waals surface area contributed by atoms with E-state index in [4.69, 9.17) is 9.56 Å². The number of amides is 1. The molecule has 4 rings (SSSR count). The zero-order valence-corrected chi connectivity index (χ0v) is 18.4. The molecule has 1 aromatic carbocycles. The number of nitrogens with two attached hydrogens (primary N) is 1. The molecule has 3 aromatic rings. The zero-order chi connectivity index (χ0) is 22.0. The molecule has 1 fully saturated rings. The van der Waals surface area contributed by atoms with Crippen LogP contribution in [0, 0.1) is 0 Å². The Morgan fingerprint density at radius 3 is 2.65 bits per heavy atom. The smallest absolute Gasteiger partial charge is 0.267 e. The molecule has 0 bridgehead atoms. The molecular weight excluding hydrogens is 456 g/mol. The normalized spacial score (nSPS) is 17.1. The van der Waals surface area contributed by atoms with Gasteiger partial charge in [0, 0.05) is 29.8 Å². The predicted octanol–water partition coefficient (Wildman–Crippen LogP) is 3.84. The molecule has 0 radical (unpaired) electrons. The Morgan fingerprint density at radius 1 is 1.23 bits per heavy atom. The maximum atomic E-state index is 12.8. The van der Waals surface area contributed by atoms with E-state index in [1.807, 2.05) is 5.38 Å². The molecule has 0 spiro atoms. The van der Waals surface area contributed by atoms with Gasteiger partial charge in [-0.15, -0.1) is 17.9 Å². The lowest BCUT2D eigenvalue weighted by Gasteiger charge is -2.11. The van der Waals surface area contributed by atoms with Crippen LogP contribution in [0.25, 0.3) is 17.4 Å². The molecule has 1 aliphatic rings. The molecule has 8 nitrogen and oxygen atoms in total. The minimum Gasteiger partial charge on any atom is -0.457 e. The van der Waals surface area contributed by atoms with Crippen LogP contribution < -0.4 is 5.14 Å². The van der Waals surface area contributed by atoms with Gasteiger partial charge in [-0.25, -0.2) is 18.5 Å². The Morgan fingerprint density at radius 2 is 2.00 bits per heavy atom. The standard InChI is InChI=1S/C20H16N4O4S3/c1-2-10-24-18(25)17(30-20(24)23-19-22-9-11-29-19)12-14-5-8-16(28-14)13-3-6-15(7-4-13)31(21,26)27/h2-9,11-12H,1,10H2,(H2,21,26,27). The maximum absolute atomic E-state index is 12.8. The van der Waals surface area contributed by atoms with Crippen molar-refractivity contribution in [3.63, 3.8) is 0 Å². The number of aliphatic imine (C=N–C) groups is 1. The van der Waals surface area contributed by atoms with E-state index in [-0.39, 0.29) is 10.8 Å². The summed E-state index contributed by atoms with van der Waals surface area (Å²) >= 11 is 2.62. The van der Waals surface area contributed by atoms with Crippen molar-refractivity contribution < 1.29 is 17.6 Å². The molecule has 158 valence electrons. The second-order valence-electron chi connectivity index (χ2n) is 6.30. The van der Waals surface area contributed by atoms with E-state index >= 15 is 0 Å². The van der Waals surface area contributed by atoms with Crippen LogP contribution in [0.3, 0.4) is 0 Å². The van der Waals surface area contributed by atoms with Crippen LogP contribution in [0.1, 0.15) is 5.76 Å². The number of nitrogens with zero attached hydrogens (tertiary/aromatic N) is 3. The van der Waals surface area contributed by atoms with Crippen molar-refractivity contribution in [2.45, 2.75) is 4.90 Å². The summed E-state index contributed by atoms with van der Waals surface area (Å²) in [5, 5.41) is 8.03. The molecule has 11 heteroatoms. The second-order valence-corrected chi connectivity index (χ2v) is 9.74. The number of benzene rings is 1. The van der Waals surface area contributed by atoms with Gasteiger partial charge in [-0.2, -0.15) is 4.99 Å². The summed E-state index contributed by atoms with van der Waals surface area (Å²) in [6.07, 6.45) is 4.94. The number of thiazole rings is 1. The summed E-state index contributed by atoms with van der Waals surface area (Å²) in [4.78, 5) is 23.4. The highest BCUT2D eigenvalue weighted by Crippen LogP contribution is 2.35. The van der Waals surface area contributed by atoms with Gasteiger partial charge < -0.3 is 4.42 Å². The van der Waals surface area contributed by atoms with E-state index in [0.29, 0.717) is 38.8 Å². The van der Waals surface area contributed by atoms with Crippen molar-refractivity contribution in [3.05, 3.63) is 71.3 Å². The molecule has 0 saturated carbocycles. The van der Waals surface area contributed by atoms with Gasteiger partial charge in [-0.1, -0.05) is 6.08 Å². The topological polar surface area (TPSA) is 119 Å². The van der Waals surface area contributed by atoms with Gasteiger partial charge in [-0.3, -0.25) is 9.69 Å². The lowest BCUT2D eigenvalue weighted by atomic mass is 10.2. The zero-order valence-electron chi connectivity index (χ0n) is 16.0. The van der Waals surface area contributed by atoms with E-state index in [1.54, 1.807) is 42.6 Å². The van der Waals surface area contributed by atoms with Gasteiger partial charge >= 0.3 is 0 Å². The Kier molecular flexibility index (Phi) is 5.92. The van der Waals surface area contributed by atoms with Gasteiger partial charge in [0.25, 0.3) is 5.91 Å². The van der Waals surface area contributed by atoms with Gasteiger partial charge in [0.2, 0.25) is 15.2 Å². The van der Waals surface area contributed by atoms with Gasteiger partial charge in [0.15, 0.2) is 5.17 Å². The fourth-order valence-electron chi connectivity index (χ4n) is 2.76. The first kappa shape index (κ1) is 21.2. The number of rotatable bonds is 6. The lowest BCUT2D eigenvalue weighted by Crippen LogP contribution is -2.29. The minimum atomic E-state index is -3.76. The van der Waals surface area contributed by atoms with E-state index in [1.165, 1.54) is 40.1 Å². The molecule has 0 atom stereocenters. The molecule has 0 aliphatic carbocycles. The SMILES string of the molecule is C=CCN1C(=O)C(=Cc2ccc(-c3ccc(S(N)(=O)=O)cc3)o2)SC1=Nc1nccs1. The summed E-state index contributed by atoms with van der Waals surface area (Å²) in [5.41, 5.74) is 0.682. The second kappa shape index (κ2) is 8.63. The van der Waals surface area contributed by atoms with Crippen molar-refractivity contribution in [1.82, 2.24) is 9.88 Å². The minimum absolute atomic E-state index is 0.0208. The van der Waals surface area contributed by atoms with E-state index in [0.717, 1.165) is 0 Å². The van der Waals surface area contributed by atoms with E-state index in [9.17, 15) is 13.2 Å². The highest BCUT2D eigenvalue weighted by atomic mass is 32.2. The Hall–Kier alpha value is -2.99. The number of hydrogen-bond donors (Lipinski definition) is 1. The van der Waals surface area contributed by atoms with Crippen LogP contribution >= 0.6 is 23.1 Å². The molecule has 3 heterocycles. The first-order chi connectivity index (χ1) is 14.8. The molecule has 1 amide bonds. The van der Waals surface area contributed by atoms with Crippen LogP contribution in [0.2, 0.25) is 0 Å². The van der Waals surface area contributed by atoms with Crippen molar-refractivity contribution in [1.29, 1.82) is 0 Å². The van der Waals surface area contributed by atoms with Crippen molar-refractivity contribution in [2.24, 2.45) is 10.1 Å². The average molecular weight is 473 g/mol. The van der Waals surface area contributed by atoms with Crippen molar-refractivity contribution >= 4 is 55.4 Å². The van der Waals surface area contributed by atoms with Crippen LogP contribution in [-0.4, -0.2) is 35.9 Å². The average Bonchev–Trinajstić information content (AvgIpc) is 3.47. The number of hydrogen-bond acceptors (Lipinski definition) is 8. The third-order valence-electron chi connectivity index (χ3n) is 4.18. The summed E-state index contributed by atoms with van der Waals surface area (Å²) in [6.45, 7) is 4.03. The third-order valence-corrected chi connectivity index (χ3v) is 6.78. The van der Waals surface area contributed by atoms with Crippen molar-refractivity contribution in [2.75, 3.05) is 6.54 Å².